The van der Waals surface area contributed by atoms with Gasteiger partial charge in [-0.25, -0.2) is 4.39 Å². The summed E-state index contributed by atoms with van der Waals surface area (Å²) in [6, 6.07) is 5.56. The number of aromatic nitrogens is 1. The van der Waals surface area contributed by atoms with E-state index >= 15 is 0 Å². The Kier molecular flexibility index (Phi) is 5.93. The molecule has 3 aliphatic rings. The van der Waals surface area contributed by atoms with Crippen LogP contribution in [-0.4, -0.2) is 76.8 Å². The molecule has 166 valence electrons. The van der Waals surface area contributed by atoms with Gasteiger partial charge < -0.3 is 20.1 Å². The van der Waals surface area contributed by atoms with Crippen molar-refractivity contribution in [2.75, 3.05) is 44.3 Å². The first-order chi connectivity index (χ1) is 15.0. The molecule has 1 saturated carbocycles. The normalized spacial score (nSPS) is 23.0. The zero-order chi connectivity index (χ0) is 21.4. The van der Waals surface area contributed by atoms with E-state index < -0.39 is 0 Å². The Morgan fingerprint density at radius 1 is 1.23 bits per heavy atom. The van der Waals surface area contributed by atoms with Gasteiger partial charge in [-0.2, -0.15) is 0 Å². The Bertz CT molecular complexity index is 991. The van der Waals surface area contributed by atoms with Gasteiger partial charge >= 0.3 is 0 Å². The number of aromatic amines is 1. The quantitative estimate of drug-likeness (QED) is 0.740. The fourth-order valence-electron chi connectivity index (χ4n) is 4.78. The monoisotopic (exact) mass is 443 g/mol. The number of hydrogen-bond donors (Lipinski definition) is 2. The van der Waals surface area contributed by atoms with Gasteiger partial charge in [0.05, 0.1) is 29.4 Å². The van der Waals surface area contributed by atoms with E-state index in [0.29, 0.717) is 12.5 Å². The third-order valence-corrected chi connectivity index (χ3v) is 7.77. The Morgan fingerprint density at radius 3 is 2.77 bits per heavy atom. The van der Waals surface area contributed by atoms with Crippen LogP contribution in [0.3, 0.4) is 0 Å². The predicted octanol–water partition coefficient (Wildman–Crippen LogP) is 3.69. The first-order valence-corrected chi connectivity index (χ1v) is 12.3. The summed E-state index contributed by atoms with van der Waals surface area (Å²) in [6.07, 6.45) is 5.19. The highest BCUT2D eigenvalue weighted by molar-refractivity contribution is 8.14. The molecule has 2 N–H and O–H groups in total. The third kappa shape index (κ3) is 4.60. The van der Waals surface area contributed by atoms with Crippen LogP contribution in [0.15, 0.2) is 23.2 Å². The smallest absolute Gasteiger partial charge is 0.224 e. The summed E-state index contributed by atoms with van der Waals surface area (Å²) < 4.78 is 14.2. The van der Waals surface area contributed by atoms with Gasteiger partial charge in [0, 0.05) is 43.4 Å². The van der Waals surface area contributed by atoms with Crippen LogP contribution in [-0.2, 0) is 4.79 Å². The summed E-state index contributed by atoms with van der Waals surface area (Å²) in [4.78, 5) is 25.2. The molecule has 5 rings (SSSR count). The number of rotatable bonds is 5. The lowest BCUT2D eigenvalue weighted by Crippen LogP contribution is -2.47. The average molecular weight is 444 g/mol. The third-order valence-electron chi connectivity index (χ3n) is 6.62. The molecule has 1 aliphatic carbocycles. The fraction of sp³-hybridized carbons (Fsp3) is 0.565. The molecule has 0 bridgehead atoms. The van der Waals surface area contributed by atoms with Gasteiger partial charge in [-0.05, 0) is 38.1 Å². The number of nitrogens with zero attached hydrogens (tertiary/aromatic N) is 3. The van der Waals surface area contributed by atoms with Crippen molar-refractivity contribution in [1.82, 2.24) is 14.8 Å². The molecule has 2 aromatic rings. The predicted molar refractivity (Wildman–Crippen MR) is 126 cm³/mol. The Labute approximate surface area is 186 Å². The number of fused-ring (bicyclic) bond motifs is 1. The second-order valence-electron chi connectivity index (χ2n) is 9.01. The highest BCUT2D eigenvalue weighted by Gasteiger charge is 2.27. The van der Waals surface area contributed by atoms with Crippen LogP contribution in [0.4, 0.5) is 10.1 Å². The topological polar surface area (TPSA) is 63.7 Å². The van der Waals surface area contributed by atoms with Gasteiger partial charge in [-0.15, -0.1) is 11.8 Å². The summed E-state index contributed by atoms with van der Waals surface area (Å²) in [5, 5.41) is 5.30. The maximum absolute atomic E-state index is 14.2. The molecular weight excluding hydrogens is 413 g/mol. The molecule has 0 spiro atoms. The van der Waals surface area contributed by atoms with Crippen molar-refractivity contribution in [2.45, 2.75) is 44.2 Å². The molecule has 0 radical (unpaired) electrons. The first-order valence-electron chi connectivity index (χ1n) is 11.3. The summed E-state index contributed by atoms with van der Waals surface area (Å²) in [6.45, 7) is 3.47. The maximum atomic E-state index is 14.2. The zero-order valence-corrected chi connectivity index (χ0v) is 18.8. The number of hydrogen-bond acceptors (Lipinski definition) is 5. The molecule has 6 nitrogen and oxygen atoms in total. The highest BCUT2D eigenvalue weighted by atomic mass is 32.2. The summed E-state index contributed by atoms with van der Waals surface area (Å²) in [5.41, 5.74) is 2.68. The number of H-pyrrole nitrogens is 1. The van der Waals surface area contributed by atoms with Crippen molar-refractivity contribution in [3.8, 4) is 0 Å². The maximum Gasteiger partial charge on any atom is 0.224 e. The van der Waals surface area contributed by atoms with Gasteiger partial charge in [0.15, 0.2) is 0 Å². The van der Waals surface area contributed by atoms with Crippen molar-refractivity contribution in [3.05, 3.63) is 29.7 Å². The van der Waals surface area contributed by atoms with Crippen LogP contribution in [0.1, 0.15) is 37.8 Å². The number of amides is 1. The lowest BCUT2D eigenvalue weighted by atomic mass is 10.2. The molecule has 31 heavy (non-hydrogen) atoms. The molecule has 1 unspecified atom stereocenters. The highest BCUT2D eigenvalue weighted by Crippen LogP contribution is 2.32. The van der Waals surface area contributed by atoms with Crippen LogP contribution >= 0.6 is 11.8 Å². The van der Waals surface area contributed by atoms with Gasteiger partial charge in [-0.1, -0.05) is 12.8 Å². The zero-order valence-electron chi connectivity index (χ0n) is 18.0. The van der Waals surface area contributed by atoms with Gasteiger partial charge in [0.1, 0.15) is 10.9 Å². The Balaban J connectivity index is 1.30. The molecule has 2 fully saturated rings. The van der Waals surface area contributed by atoms with Crippen molar-refractivity contribution in [3.63, 3.8) is 0 Å². The molecule has 1 aromatic heterocycles. The summed E-state index contributed by atoms with van der Waals surface area (Å²) >= 11 is 1.68. The van der Waals surface area contributed by atoms with Gasteiger partial charge in [0.2, 0.25) is 5.91 Å². The molecular formula is C23H30FN5OS. The standard InChI is InChI=1S/C23H30FN5OS/c1-28-6-8-29(9-7-28)21(30)13-18-14-31-23(26-18)20-11-15-10-16(24)12-19(22(15)27-20)25-17-4-2-3-5-17/h10-12,17-18,25,27H,2-9,13-14H2,1H3. The number of piperazine rings is 1. The van der Waals surface area contributed by atoms with Gasteiger partial charge in [-0.3, -0.25) is 9.79 Å². The molecule has 1 saturated heterocycles. The number of carbonyl (C=O) groups is 1. The number of benzene rings is 1. The fourth-order valence-corrected chi connectivity index (χ4v) is 5.81. The van der Waals surface area contributed by atoms with E-state index in [2.05, 4.69) is 22.2 Å². The lowest BCUT2D eigenvalue weighted by molar-refractivity contribution is -0.132. The van der Waals surface area contributed by atoms with E-state index in [1.54, 1.807) is 23.9 Å². The van der Waals surface area contributed by atoms with E-state index in [1.165, 1.54) is 12.8 Å². The Morgan fingerprint density at radius 2 is 2.00 bits per heavy atom. The van der Waals surface area contributed by atoms with E-state index in [9.17, 15) is 9.18 Å². The minimum absolute atomic E-state index is 0.00592. The van der Waals surface area contributed by atoms with Crippen LogP contribution in [0.25, 0.3) is 10.9 Å². The molecule has 1 amide bonds. The number of likely N-dealkylation sites (N-methyl/N-ethyl adjacent to an activating group) is 1. The Hall–Kier alpha value is -2.06. The van der Waals surface area contributed by atoms with Crippen LogP contribution < -0.4 is 5.32 Å². The minimum atomic E-state index is -0.227. The minimum Gasteiger partial charge on any atom is -0.381 e. The molecule has 3 heterocycles. The second-order valence-corrected chi connectivity index (χ2v) is 10.0. The van der Waals surface area contributed by atoms with Crippen LogP contribution in [0.2, 0.25) is 0 Å². The average Bonchev–Trinajstić information content (AvgIpc) is 3.49. The van der Waals surface area contributed by atoms with E-state index in [0.717, 1.165) is 72.1 Å². The van der Waals surface area contributed by atoms with Crippen molar-refractivity contribution >= 4 is 39.3 Å². The second kappa shape index (κ2) is 8.82. The number of anilines is 1. The molecule has 2 aliphatic heterocycles. The number of carbonyl (C=O) groups excluding carboxylic acids is 1. The largest absolute Gasteiger partial charge is 0.381 e. The van der Waals surface area contributed by atoms with E-state index in [1.807, 2.05) is 11.0 Å². The SMILES string of the molecule is CN1CCN(C(=O)CC2CSC(c3cc4cc(F)cc(NC5CCCC5)c4[nH]3)=N2)CC1. The number of thioether (sulfide) groups is 1. The van der Waals surface area contributed by atoms with Crippen LogP contribution in [0, 0.1) is 5.82 Å². The van der Waals surface area contributed by atoms with Crippen molar-refractivity contribution < 1.29 is 9.18 Å². The van der Waals surface area contributed by atoms with Gasteiger partial charge in [0.25, 0.3) is 0 Å². The van der Waals surface area contributed by atoms with Crippen molar-refractivity contribution in [2.24, 2.45) is 4.99 Å². The first kappa shape index (κ1) is 20.8. The molecule has 8 heteroatoms. The summed E-state index contributed by atoms with van der Waals surface area (Å²) in [5.74, 6) is 0.784. The van der Waals surface area contributed by atoms with Crippen LogP contribution in [0.5, 0.6) is 0 Å². The summed E-state index contributed by atoms with van der Waals surface area (Å²) in [7, 11) is 2.09. The van der Waals surface area contributed by atoms with E-state index in [4.69, 9.17) is 4.99 Å². The van der Waals surface area contributed by atoms with Crippen molar-refractivity contribution in [1.29, 1.82) is 0 Å². The number of halogens is 1. The molecule has 1 atom stereocenters. The number of nitrogens with one attached hydrogen (secondary N) is 2. The molecule has 1 aromatic carbocycles. The lowest BCUT2D eigenvalue weighted by Gasteiger charge is -2.32. The van der Waals surface area contributed by atoms with E-state index in [-0.39, 0.29) is 17.8 Å². The number of aliphatic imine (C=N–C) groups is 1.